The van der Waals surface area contributed by atoms with E-state index in [4.69, 9.17) is 10.00 Å². The average molecular weight is 243 g/mol. The fourth-order valence-corrected chi connectivity index (χ4v) is 1.26. The largest absolute Gasteiger partial charge is 0.479 e. The second kappa shape index (κ2) is 5.45. The molecule has 1 aromatic heterocycles. The minimum absolute atomic E-state index is 0.00928. The van der Waals surface area contributed by atoms with Gasteiger partial charge in [-0.3, -0.25) is 4.79 Å². The molecule has 0 atom stereocenters. The molecule has 0 spiro atoms. The number of nitrogens with zero attached hydrogens (tertiary/aromatic N) is 3. The zero-order valence-electron chi connectivity index (χ0n) is 9.25. The lowest BCUT2D eigenvalue weighted by Gasteiger charge is -2.04. The van der Waals surface area contributed by atoms with E-state index in [1.807, 2.05) is 6.07 Å². The number of nitriles is 1. The predicted molar refractivity (Wildman–Crippen MR) is 61.9 cm³/mol. The van der Waals surface area contributed by atoms with Crippen LogP contribution in [-0.2, 0) is 0 Å². The normalized spacial score (nSPS) is 9.50. The van der Waals surface area contributed by atoms with Crippen molar-refractivity contribution in [2.75, 3.05) is 11.9 Å². The Morgan fingerprint density at radius 2 is 2.22 bits per heavy atom. The maximum atomic E-state index is 11.6. The third-order valence-electron chi connectivity index (χ3n) is 2.06. The number of aromatic amines is 1. The van der Waals surface area contributed by atoms with Crippen molar-refractivity contribution in [1.82, 2.24) is 15.4 Å². The van der Waals surface area contributed by atoms with Gasteiger partial charge in [0.1, 0.15) is 11.8 Å². The summed E-state index contributed by atoms with van der Waals surface area (Å²) in [5.74, 6) is 0.213. The van der Waals surface area contributed by atoms with Crippen molar-refractivity contribution >= 4 is 11.6 Å². The summed E-state index contributed by atoms with van der Waals surface area (Å²) in [5, 5.41) is 20.6. The Morgan fingerprint density at radius 1 is 1.44 bits per heavy atom. The molecular formula is C11H9N5O2. The van der Waals surface area contributed by atoms with Crippen molar-refractivity contribution in [1.29, 1.82) is 5.26 Å². The molecule has 1 aromatic carbocycles. The Kier molecular flexibility index (Phi) is 3.51. The number of rotatable bonds is 4. The molecule has 0 saturated carbocycles. The number of amides is 1. The van der Waals surface area contributed by atoms with Gasteiger partial charge in [0.25, 0.3) is 5.91 Å². The van der Waals surface area contributed by atoms with Gasteiger partial charge in [0.15, 0.2) is 12.3 Å². The molecule has 0 aliphatic heterocycles. The summed E-state index contributed by atoms with van der Waals surface area (Å²) in [6.45, 7) is -0.00928. The summed E-state index contributed by atoms with van der Waals surface area (Å²) < 4.78 is 5.09. The van der Waals surface area contributed by atoms with Crippen LogP contribution in [0, 0.1) is 11.3 Å². The molecule has 0 aliphatic carbocycles. The number of H-pyrrole nitrogens is 1. The zero-order valence-corrected chi connectivity index (χ0v) is 9.25. The van der Waals surface area contributed by atoms with E-state index >= 15 is 0 Å². The molecular weight excluding hydrogens is 234 g/mol. The molecule has 7 nitrogen and oxygen atoms in total. The summed E-state index contributed by atoms with van der Waals surface area (Å²) >= 11 is 0. The van der Waals surface area contributed by atoms with Crippen molar-refractivity contribution in [3.05, 3.63) is 36.2 Å². The second-order valence-electron chi connectivity index (χ2n) is 3.28. The Hall–Kier alpha value is -2.88. The highest BCUT2D eigenvalue weighted by Crippen LogP contribution is 2.15. The summed E-state index contributed by atoms with van der Waals surface area (Å²) in [7, 11) is 0. The molecule has 18 heavy (non-hydrogen) atoms. The third-order valence-corrected chi connectivity index (χ3v) is 2.06. The molecule has 1 heterocycles. The number of anilines is 1. The van der Waals surface area contributed by atoms with Gasteiger partial charge in [0.05, 0.1) is 6.20 Å². The van der Waals surface area contributed by atoms with Crippen LogP contribution in [0.1, 0.15) is 10.5 Å². The second-order valence-corrected chi connectivity index (χ2v) is 3.28. The number of hydrogen-bond acceptors (Lipinski definition) is 5. The van der Waals surface area contributed by atoms with Crippen molar-refractivity contribution in [3.8, 4) is 11.8 Å². The fourth-order valence-electron chi connectivity index (χ4n) is 1.26. The molecule has 0 unspecified atom stereocenters. The van der Waals surface area contributed by atoms with E-state index in [0.717, 1.165) is 0 Å². The fraction of sp³-hybridized carbons (Fsp3) is 0.0909. The number of ether oxygens (including phenoxy) is 1. The van der Waals surface area contributed by atoms with Crippen molar-refractivity contribution in [2.24, 2.45) is 0 Å². The van der Waals surface area contributed by atoms with E-state index in [1.165, 1.54) is 6.20 Å². The highest BCUT2D eigenvalue weighted by molar-refractivity contribution is 6.02. The van der Waals surface area contributed by atoms with Gasteiger partial charge in [-0.15, -0.1) is 0 Å². The van der Waals surface area contributed by atoms with Gasteiger partial charge in [-0.25, -0.2) is 0 Å². The topological polar surface area (TPSA) is 104 Å². The average Bonchev–Trinajstić information content (AvgIpc) is 2.92. The van der Waals surface area contributed by atoms with Crippen LogP contribution in [0.25, 0.3) is 0 Å². The summed E-state index contributed by atoms with van der Waals surface area (Å²) in [6.07, 6.45) is 1.33. The number of hydrogen-bond donors (Lipinski definition) is 2. The Bertz CT molecular complexity index is 556. The number of aromatic nitrogens is 3. The van der Waals surface area contributed by atoms with E-state index in [1.54, 1.807) is 24.3 Å². The van der Waals surface area contributed by atoms with E-state index in [2.05, 4.69) is 20.7 Å². The van der Waals surface area contributed by atoms with E-state index < -0.39 is 0 Å². The standard InChI is InChI=1S/C11H9N5O2/c12-5-6-18-9-3-1-8(2-4-9)14-11(17)10-7-13-16-15-10/h1-4,7H,6H2,(H,14,17)(H,13,15,16). The molecule has 2 rings (SSSR count). The van der Waals surface area contributed by atoms with Crippen molar-refractivity contribution in [2.45, 2.75) is 0 Å². The van der Waals surface area contributed by atoms with Gasteiger partial charge >= 0.3 is 0 Å². The molecule has 0 radical (unpaired) electrons. The molecule has 2 aromatic rings. The lowest BCUT2D eigenvalue weighted by atomic mass is 10.3. The maximum Gasteiger partial charge on any atom is 0.277 e. The molecule has 90 valence electrons. The Labute approximate surface area is 102 Å². The van der Waals surface area contributed by atoms with Crippen molar-refractivity contribution in [3.63, 3.8) is 0 Å². The van der Waals surface area contributed by atoms with Crippen LogP contribution < -0.4 is 10.1 Å². The highest BCUT2D eigenvalue weighted by Gasteiger charge is 2.08. The van der Waals surface area contributed by atoms with Crippen LogP contribution in [0.4, 0.5) is 5.69 Å². The van der Waals surface area contributed by atoms with Crippen molar-refractivity contribution < 1.29 is 9.53 Å². The van der Waals surface area contributed by atoms with E-state index in [0.29, 0.717) is 11.4 Å². The third kappa shape index (κ3) is 2.82. The van der Waals surface area contributed by atoms with Gasteiger partial charge in [-0.1, -0.05) is 0 Å². The molecule has 0 fully saturated rings. The minimum Gasteiger partial charge on any atom is -0.479 e. The first-order valence-electron chi connectivity index (χ1n) is 5.06. The number of benzene rings is 1. The first-order valence-corrected chi connectivity index (χ1v) is 5.06. The lowest BCUT2D eigenvalue weighted by molar-refractivity contribution is 0.102. The summed E-state index contributed by atoms with van der Waals surface area (Å²) in [4.78, 5) is 11.6. The smallest absolute Gasteiger partial charge is 0.277 e. The Balaban J connectivity index is 1.98. The zero-order chi connectivity index (χ0) is 12.8. The highest BCUT2D eigenvalue weighted by atomic mass is 16.5. The predicted octanol–water partition coefficient (Wildman–Crippen LogP) is 0.959. The SMILES string of the molecule is N#CCOc1ccc(NC(=O)c2cn[nH]n2)cc1. The Morgan fingerprint density at radius 3 is 2.83 bits per heavy atom. The minimum atomic E-state index is -0.352. The van der Waals surface area contributed by atoms with Crippen LogP contribution >= 0.6 is 0 Å². The monoisotopic (exact) mass is 243 g/mol. The maximum absolute atomic E-state index is 11.6. The van der Waals surface area contributed by atoms with Gasteiger partial charge in [-0.05, 0) is 24.3 Å². The van der Waals surface area contributed by atoms with Gasteiger partial charge in [0, 0.05) is 5.69 Å². The molecule has 0 aliphatic rings. The number of nitrogens with one attached hydrogen (secondary N) is 2. The van der Waals surface area contributed by atoms with E-state index in [9.17, 15) is 4.79 Å². The van der Waals surface area contributed by atoms with Crippen LogP contribution in [0.3, 0.4) is 0 Å². The summed E-state index contributed by atoms with van der Waals surface area (Å²) in [6, 6.07) is 8.54. The molecule has 0 saturated heterocycles. The molecule has 0 bridgehead atoms. The summed E-state index contributed by atoms with van der Waals surface area (Å²) in [5.41, 5.74) is 0.812. The van der Waals surface area contributed by atoms with Crippen LogP contribution in [-0.4, -0.2) is 27.9 Å². The molecule has 7 heteroatoms. The first kappa shape index (κ1) is 11.6. The van der Waals surface area contributed by atoms with Crippen LogP contribution in [0.2, 0.25) is 0 Å². The van der Waals surface area contributed by atoms with E-state index in [-0.39, 0.29) is 18.2 Å². The number of carbonyl (C=O) groups excluding carboxylic acids is 1. The van der Waals surface area contributed by atoms with Crippen LogP contribution in [0.15, 0.2) is 30.5 Å². The first-order chi connectivity index (χ1) is 8.79. The van der Waals surface area contributed by atoms with Gasteiger partial charge < -0.3 is 10.1 Å². The van der Waals surface area contributed by atoms with Gasteiger partial charge in [0.2, 0.25) is 0 Å². The lowest BCUT2D eigenvalue weighted by Crippen LogP contribution is -2.12. The number of carbonyl (C=O) groups is 1. The molecule has 2 N–H and O–H groups in total. The van der Waals surface area contributed by atoms with Gasteiger partial charge in [-0.2, -0.15) is 20.7 Å². The van der Waals surface area contributed by atoms with Crippen LogP contribution in [0.5, 0.6) is 5.75 Å². The molecule has 1 amide bonds. The quantitative estimate of drug-likeness (QED) is 0.832.